The van der Waals surface area contributed by atoms with Crippen molar-refractivity contribution in [2.24, 2.45) is 11.5 Å². The van der Waals surface area contributed by atoms with E-state index in [1.165, 1.54) is 7.11 Å². The van der Waals surface area contributed by atoms with Gasteiger partial charge in [-0.1, -0.05) is 0 Å². The molecule has 0 amide bonds. The van der Waals surface area contributed by atoms with Crippen LogP contribution in [0, 0.1) is 0 Å². The molecule has 12 heavy (non-hydrogen) atoms. The van der Waals surface area contributed by atoms with E-state index in [0.717, 1.165) is 6.08 Å². The third-order valence-electron chi connectivity index (χ3n) is 0.816. The van der Waals surface area contributed by atoms with Gasteiger partial charge in [0.15, 0.2) is 0 Å². The number of hydrogen-bond donors (Lipinski definition) is 2. The Morgan fingerprint density at radius 3 is 2.42 bits per heavy atom. The zero-order valence-electron chi connectivity index (χ0n) is 6.78. The molecular weight excluding hydrogens is 184 g/mol. The molecule has 0 aromatic rings. The van der Waals surface area contributed by atoms with E-state index in [1.54, 1.807) is 0 Å². The molecule has 0 aromatic carbocycles. The molecule has 0 unspecified atom stereocenters. The third-order valence-corrected chi connectivity index (χ3v) is 0.816. The molecule has 0 spiro atoms. The van der Waals surface area contributed by atoms with Crippen LogP contribution >= 0.6 is 12.4 Å². The van der Waals surface area contributed by atoms with Crippen molar-refractivity contribution < 1.29 is 14.3 Å². The van der Waals surface area contributed by atoms with E-state index >= 15 is 0 Å². The number of methoxy groups -OCH3 is 1. The van der Waals surface area contributed by atoms with Gasteiger partial charge in [-0.2, -0.15) is 0 Å². The summed E-state index contributed by atoms with van der Waals surface area (Å²) >= 11 is 0. The molecule has 0 aliphatic rings. The minimum atomic E-state index is -0.554. The van der Waals surface area contributed by atoms with Crippen molar-refractivity contribution in [3.63, 3.8) is 0 Å². The Hall–Kier alpha value is -0.940. The standard InChI is InChI=1S/C6H12N2O3.ClH/c1-10-2-3-11-6(9)4-5(7)8;/h4H,2-3,7-8H2,1H3;1H. The second kappa shape index (κ2) is 8.16. The second-order valence-corrected chi connectivity index (χ2v) is 1.80. The van der Waals surface area contributed by atoms with Crippen LogP contribution in [0.2, 0.25) is 0 Å². The highest BCUT2D eigenvalue weighted by Gasteiger charge is 1.96. The molecule has 0 saturated heterocycles. The van der Waals surface area contributed by atoms with Crippen LogP contribution in [0.3, 0.4) is 0 Å². The number of esters is 1. The van der Waals surface area contributed by atoms with Crippen LogP contribution < -0.4 is 11.5 Å². The van der Waals surface area contributed by atoms with Crippen LogP contribution in [0.15, 0.2) is 11.9 Å². The lowest BCUT2D eigenvalue weighted by Crippen LogP contribution is -2.13. The second-order valence-electron chi connectivity index (χ2n) is 1.80. The summed E-state index contributed by atoms with van der Waals surface area (Å²) in [7, 11) is 1.51. The molecular formula is C6H13ClN2O3. The lowest BCUT2D eigenvalue weighted by atomic mass is 10.6. The van der Waals surface area contributed by atoms with Crippen LogP contribution in [-0.4, -0.2) is 26.3 Å². The van der Waals surface area contributed by atoms with Crippen LogP contribution in [0.5, 0.6) is 0 Å². The molecule has 0 aliphatic carbocycles. The minimum absolute atomic E-state index is 0. The van der Waals surface area contributed by atoms with Crippen molar-refractivity contribution in [3.05, 3.63) is 11.9 Å². The van der Waals surface area contributed by atoms with Crippen molar-refractivity contribution in [1.82, 2.24) is 0 Å². The Morgan fingerprint density at radius 1 is 1.42 bits per heavy atom. The first-order valence-electron chi connectivity index (χ1n) is 3.05. The van der Waals surface area contributed by atoms with Gasteiger partial charge < -0.3 is 20.9 Å². The molecule has 0 fully saturated rings. The van der Waals surface area contributed by atoms with Gasteiger partial charge in [-0.05, 0) is 0 Å². The highest BCUT2D eigenvalue weighted by Crippen LogP contribution is 1.81. The van der Waals surface area contributed by atoms with Gasteiger partial charge in [0.05, 0.1) is 12.7 Å². The molecule has 72 valence electrons. The maximum Gasteiger partial charge on any atom is 0.334 e. The average Bonchev–Trinajstić information content (AvgIpc) is 1.86. The summed E-state index contributed by atoms with van der Waals surface area (Å²) in [4.78, 5) is 10.6. The first-order valence-corrected chi connectivity index (χ1v) is 3.05. The van der Waals surface area contributed by atoms with Crippen LogP contribution in [0.4, 0.5) is 0 Å². The lowest BCUT2D eigenvalue weighted by Gasteiger charge is -1.99. The molecule has 0 rings (SSSR count). The number of carbonyl (C=O) groups excluding carboxylic acids is 1. The molecule has 0 atom stereocenters. The Labute approximate surface area is 77.1 Å². The summed E-state index contributed by atoms with van der Waals surface area (Å²) in [5.41, 5.74) is 10.0. The van der Waals surface area contributed by atoms with E-state index in [1.807, 2.05) is 0 Å². The van der Waals surface area contributed by atoms with Gasteiger partial charge >= 0.3 is 5.97 Å². The SMILES string of the molecule is COCCOC(=O)C=C(N)N.Cl. The third kappa shape index (κ3) is 9.06. The molecule has 5 nitrogen and oxygen atoms in total. The molecule has 0 aromatic heterocycles. The predicted molar refractivity (Wildman–Crippen MR) is 46.5 cm³/mol. The van der Waals surface area contributed by atoms with Crippen LogP contribution in [0.1, 0.15) is 0 Å². The average molecular weight is 197 g/mol. The van der Waals surface area contributed by atoms with E-state index in [2.05, 4.69) is 9.47 Å². The van der Waals surface area contributed by atoms with Gasteiger partial charge in [0.25, 0.3) is 0 Å². The fourth-order valence-electron chi connectivity index (χ4n) is 0.403. The predicted octanol–water partition coefficient (Wildman–Crippen LogP) is -0.643. The van der Waals surface area contributed by atoms with Gasteiger partial charge in [0.1, 0.15) is 12.4 Å². The van der Waals surface area contributed by atoms with E-state index in [9.17, 15) is 4.79 Å². The fourth-order valence-corrected chi connectivity index (χ4v) is 0.403. The highest BCUT2D eigenvalue weighted by molar-refractivity contribution is 5.85. The van der Waals surface area contributed by atoms with E-state index < -0.39 is 5.97 Å². The number of hydrogen-bond acceptors (Lipinski definition) is 5. The number of ether oxygens (including phenoxy) is 2. The monoisotopic (exact) mass is 196 g/mol. The number of halogens is 1. The van der Waals surface area contributed by atoms with Crippen molar-refractivity contribution in [3.8, 4) is 0 Å². The minimum Gasteiger partial charge on any atom is -0.460 e. The number of carbonyl (C=O) groups is 1. The van der Waals surface area contributed by atoms with Crippen LogP contribution in [-0.2, 0) is 14.3 Å². The summed E-state index contributed by atoms with van der Waals surface area (Å²) in [6.07, 6.45) is 1.01. The molecule has 0 saturated carbocycles. The van der Waals surface area contributed by atoms with Gasteiger partial charge in [0.2, 0.25) is 0 Å². The summed E-state index contributed by atoms with van der Waals surface area (Å²) in [5, 5.41) is 0. The Morgan fingerprint density at radius 2 is 2.00 bits per heavy atom. The number of nitrogens with two attached hydrogens (primary N) is 2. The van der Waals surface area contributed by atoms with Crippen molar-refractivity contribution in [2.75, 3.05) is 20.3 Å². The quantitative estimate of drug-likeness (QED) is 0.355. The molecule has 0 heterocycles. The van der Waals surface area contributed by atoms with Gasteiger partial charge in [0, 0.05) is 7.11 Å². The first kappa shape index (κ1) is 13.6. The largest absolute Gasteiger partial charge is 0.460 e. The normalized spacial score (nSPS) is 8.08. The Bertz CT molecular complexity index is 157. The zero-order chi connectivity index (χ0) is 8.69. The first-order chi connectivity index (χ1) is 5.16. The Kier molecular flexibility index (Phi) is 9.27. The van der Waals surface area contributed by atoms with Crippen molar-refractivity contribution in [1.29, 1.82) is 0 Å². The highest BCUT2D eigenvalue weighted by atomic mass is 35.5. The number of rotatable bonds is 4. The molecule has 4 N–H and O–H groups in total. The van der Waals surface area contributed by atoms with Crippen LogP contribution in [0.25, 0.3) is 0 Å². The van der Waals surface area contributed by atoms with Gasteiger partial charge in [-0.25, -0.2) is 4.79 Å². The lowest BCUT2D eigenvalue weighted by molar-refractivity contribution is -0.139. The van der Waals surface area contributed by atoms with E-state index in [4.69, 9.17) is 11.5 Å². The van der Waals surface area contributed by atoms with Gasteiger partial charge in [-0.3, -0.25) is 0 Å². The summed E-state index contributed by atoms with van der Waals surface area (Å²) < 4.78 is 9.23. The van der Waals surface area contributed by atoms with E-state index in [0.29, 0.717) is 6.61 Å². The summed E-state index contributed by atoms with van der Waals surface area (Å²) in [6.45, 7) is 0.573. The Balaban J connectivity index is 0. The molecule has 0 bridgehead atoms. The van der Waals surface area contributed by atoms with Crippen molar-refractivity contribution >= 4 is 18.4 Å². The maximum atomic E-state index is 10.6. The van der Waals surface area contributed by atoms with Gasteiger partial charge in [-0.15, -0.1) is 12.4 Å². The molecule has 0 aliphatic heterocycles. The fraction of sp³-hybridized carbons (Fsp3) is 0.500. The summed E-state index contributed by atoms with van der Waals surface area (Å²) in [6, 6.07) is 0. The van der Waals surface area contributed by atoms with Crippen molar-refractivity contribution in [2.45, 2.75) is 0 Å². The summed E-state index contributed by atoms with van der Waals surface area (Å²) in [5.74, 6) is -0.616. The topological polar surface area (TPSA) is 87.6 Å². The molecule has 0 radical (unpaired) electrons. The smallest absolute Gasteiger partial charge is 0.334 e. The maximum absolute atomic E-state index is 10.6. The van der Waals surface area contributed by atoms with E-state index in [-0.39, 0.29) is 24.8 Å². The zero-order valence-corrected chi connectivity index (χ0v) is 7.60. The molecule has 6 heteroatoms.